The van der Waals surface area contributed by atoms with Gasteiger partial charge in [0.25, 0.3) is 0 Å². The van der Waals surface area contributed by atoms with Crippen LogP contribution in [0.2, 0.25) is 0 Å². The fourth-order valence-electron chi connectivity index (χ4n) is 2.36. The van der Waals surface area contributed by atoms with Gasteiger partial charge in [0, 0.05) is 25.2 Å². The van der Waals surface area contributed by atoms with Gasteiger partial charge in [-0.1, -0.05) is 0 Å². The maximum absolute atomic E-state index is 14.0. The molecule has 1 saturated heterocycles. The normalized spacial score (nSPS) is 15.1. The van der Waals surface area contributed by atoms with Crippen molar-refractivity contribution in [3.8, 4) is 0 Å². The number of carboxylic acids is 1. The summed E-state index contributed by atoms with van der Waals surface area (Å²) >= 11 is 0. The molecule has 2 aromatic heterocycles. The second kappa shape index (κ2) is 4.69. The summed E-state index contributed by atoms with van der Waals surface area (Å²) in [7, 11) is 0. The molecule has 0 unspecified atom stereocenters. The lowest BCUT2D eigenvalue weighted by molar-refractivity contribution is -0.138. The number of fused-ring (bicyclic) bond motifs is 1. The van der Waals surface area contributed by atoms with Crippen molar-refractivity contribution in [2.24, 2.45) is 0 Å². The highest BCUT2D eigenvalue weighted by Crippen LogP contribution is 2.22. The van der Waals surface area contributed by atoms with Gasteiger partial charge in [-0.25, -0.2) is 18.3 Å². The molecule has 0 aromatic carbocycles. The number of hydrogen-bond acceptors (Lipinski definition) is 4. The Hall–Kier alpha value is -2.71. The third kappa shape index (κ3) is 2.16. The molecular formula is C12H11FN4O4. The number of pyridine rings is 1. The second-order valence-electron chi connectivity index (χ2n) is 4.72. The Morgan fingerprint density at radius 2 is 2.19 bits per heavy atom. The number of aromatic nitrogens is 3. The second-order valence-corrected chi connectivity index (χ2v) is 4.72. The van der Waals surface area contributed by atoms with Gasteiger partial charge in [0.1, 0.15) is 6.54 Å². The Morgan fingerprint density at radius 3 is 2.81 bits per heavy atom. The largest absolute Gasteiger partial charge is 0.480 e. The van der Waals surface area contributed by atoms with Gasteiger partial charge in [-0.15, -0.1) is 5.10 Å². The van der Waals surface area contributed by atoms with E-state index in [0.29, 0.717) is 24.1 Å². The summed E-state index contributed by atoms with van der Waals surface area (Å²) in [6, 6.07) is 1.12. The van der Waals surface area contributed by atoms with E-state index in [-0.39, 0.29) is 17.2 Å². The van der Waals surface area contributed by atoms with Gasteiger partial charge in [-0.2, -0.15) is 0 Å². The van der Waals surface area contributed by atoms with Crippen LogP contribution in [-0.2, 0) is 16.1 Å². The maximum Gasteiger partial charge on any atom is 0.351 e. The summed E-state index contributed by atoms with van der Waals surface area (Å²) < 4.78 is 15.6. The molecule has 1 N–H and O–H groups in total. The molecule has 2 aromatic rings. The number of carbonyl (C=O) groups excluding carboxylic acids is 1. The van der Waals surface area contributed by atoms with Crippen molar-refractivity contribution in [1.29, 1.82) is 0 Å². The minimum absolute atomic E-state index is 0.139. The molecule has 1 aliphatic rings. The van der Waals surface area contributed by atoms with Gasteiger partial charge in [-0.05, 0) is 6.42 Å². The maximum atomic E-state index is 14.0. The van der Waals surface area contributed by atoms with Crippen molar-refractivity contribution in [3.63, 3.8) is 0 Å². The number of nitrogens with zero attached hydrogens (tertiary/aromatic N) is 4. The highest BCUT2D eigenvalue weighted by molar-refractivity contribution is 5.95. The van der Waals surface area contributed by atoms with Crippen LogP contribution in [0.15, 0.2) is 17.1 Å². The van der Waals surface area contributed by atoms with Gasteiger partial charge >= 0.3 is 11.7 Å². The summed E-state index contributed by atoms with van der Waals surface area (Å²) in [5.41, 5.74) is -0.768. The zero-order valence-corrected chi connectivity index (χ0v) is 10.8. The highest BCUT2D eigenvalue weighted by atomic mass is 19.1. The molecule has 0 spiro atoms. The number of anilines is 1. The van der Waals surface area contributed by atoms with E-state index in [1.165, 1.54) is 11.1 Å². The Bertz CT molecular complexity index is 809. The first-order chi connectivity index (χ1) is 9.97. The average molecular weight is 294 g/mol. The van der Waals surface area contributed by atoms with Crippen molar-refractivity contribution >= 4 is 23.2 Å². The van der Waals surface area contributed by atoms with Gasteiger partial charge in [0.15, 0.2) is 11.5 Å². The van der Waals surface area contributed by atoms with E-state index in [2.05, 4.69) is 5.10 Å². The monoisotopic (exact) mass is 294 g/mol. The summed E-state index contributed by atoms with van der Waals surface area (Å²) in [5, 5.41) is 12.3. The van der Waals surface area contributed by atoms with Crippen molar-refractivity contribution in [1.82, 2.24) is 14.2 Å². The van der Waals surface area contributed by atoms with E-state index in [0.717, 1.165) is 10.5 Å². The number of halogens is 1. The third-order valence-corrected chi connectivity index (χ3v) is 3.29. The van der Waals surface area contributed by atoms with E-state index in [1.807, 2.05) is 0 Å². The zero-order valence-electron chi connectivity index (χ0n) is 10.8. The van der Waals surface area contributed by atoms with E-state index in [9.17, 15) is 18.8 Å². The summed E-state index contributed by atoms with van der Waals surface area (Å²) in [6.07, 6.45) is 2.35. The molecule has 0 aliphatic carbocycles. The van der Waals surface area contributed by atoms with Crippen LogP contribution >= 0.6 is 0 Å². The van der Waals surface area contributed by atoms with Crippen LogP contribution in [0.4, 0.5) is 10.1 Å². The minimum atomic E-state index is -1.25. The van der Waals surface area contributed by atoms with E-state index < -0.39 is 24.0 Å². The zero-order chi connectivity index (χ0) is 15.1. The fraction of sp³-hybridized carbons (Fsp3) is 0.333. The lowest BCUT2D eigenvalue weighted by Crippen LogP contribution is -2.27. The number of amides is 1. The van der Waals surface area contributed by atoms with E-state index >= 15 is 0 Å². The van der Waals surface area contributed by atoms with Gasteiger partial charge in [0.05, 0.1) is 5.69 Å². The first kappa shape index (κ1) is 13.3. The summed E-state index contributed by atoms with van der Waals surface area (Å²) in [6.45, 7) is -0.195. The standard InChI is InChI=1S/C12H11FN4O4/c13-8-4-7(15-3-1-2-9(15)18)5-16-11(8)14-17(12(16)21)6-10(19)20/h4-5H,1-3,6H2,(H,19,20). The molecule has 1 fully saturated rings. The lowest BCUT2D eigenvalue weighted by Gasteiger charge is -2.15. The molecule has 21 heavy (non-hydrogen) atoms. The van der Waals surface area contributed by atoms with Crippen LogP contribution in [0, 0.1) is 5.82 Å². The van der Waals surface area contributed by atoms with Gasteiger partial charge < -0.3 is 10.0 Å². The van der Waals surface area contributed by atoms with Gasteiger partial charge in [0.2, 0.25) is 5.91 Å². The van der Waals surface area contributed by atoms with E-state index in [4.69, 9.17) is 5.11 Å². The molecule has 1 aliphatic heterocycles. The summed E-state index contributed by atoms with van der Waals surface area (Å²) in [5.74, 6) is -2.18. The quantitative estimate of drug-likeness (QED) is 0.849. The Labute approximate surface area is 117 Å². The van der Waals surface area contributed by atoms with Crippen LogP contribution in [0.3, 0.4) is 0 Å². The average Bonchev–Trinajstić information content (AvgIpc) is 2.96. The predicted octanol–water partition coefficient (Wildman–Crippen LogP) is -0.153. The van der Waals surface area contributed by atoms with Crippen molar-refractivity contribution in [2.45, 2.75) is 19.4 Å². The topological polar surface area (TPSA) is 96.9 Å². The first-order valence-electron chi connectivity index (χ1n) is 6.28. The number of carbonyl (C=O) groups is 2. The van der Waals surface area contributed by atoms with E-state index in [1.54, 1.807) is 0 Å². The molecule has 0 radical (unpaired) electrons. The molecule has 0 atom stereocenters. The van der Waals surface area contributed by atoms with Crippen molar-refractivity contribution in [2.75, 3.05) is 11.4 Å². The summed E-state index contributed by atoms with van der Waals surface area (Å²) in [4.78, 5) is 35.7. The van der Waals surface area contributed by atoms with Crippen LogP contribution in [0.5, 0.6) is 0 Å². The molecule has 9 heteroatoms. The Kier molecular flexibility index (Phi) is 2.96. The third-order valence-electron chi connectivity index (χ3n) is 3.29. The fourth-order valence-corrected chi connectivity index (χ4v) is 2.36. The molecule has 3 heterocycles. The molecular weight excluding hydrogens is 283 g/mol. The molecule has 1 amide bonds. The Balaban J connectivity index is 2.14. The molecule has 8 nitrogen and oxygen atoms in total. The Morgan fingerprint density at radius 1 is 1.43 bits per heavy atom. The van der Waals surface area contributed by atoms with Crippen LogP contribution in [0.1, 0.15) is 12.8 Å². The van der Waals surface area contributed by atoms with Crippen molar-refractivity contribution in [3.05, 3.63) is 28.6 Å². The lowest BCUT2D eigenvalue weighted by atomic mass is 10.3. The van der Waals surface area contributed by atoms with Crippen LogP contribution in [0.25, 0.3) is 5.65 Å². The predicted molar refractivity (Wildman–Crippen MR) is 68.6 cm³/mol. The first-order valence-corrected chi connectivity index (χ1v) is 6.28. The number of hydrogen-bond donors (Lipinski definition) is 1. The number of aliphatic carboxylic acids is 1. The molecule has 0 bridgehead atoms. The smallest absolute Gasteiger partial charge is 0.351 e. The number of carboxylic acid groups (broad SMARTS) is 1. The molecule has 0 saturated carbocycles. The van der Waals surface area contributed by atoms with Crippen molar-refractivity contribution < 1.29 is 19.1 Å². The molecule has 3 rings (SSSR count). The van der Waals surface area contributed by atoms with Crippen LogP contribution in [-0.4, -0.2) is 37.7 Å². The van der Waals surface area contributed by atoms with Crippen LogP contribution < -0.4 is 10.6 Å². The minimum Gasteiger partial charge on any atom is -0.480 e. The molecule has 110 valence electrons. The van der Waals surface area contributed by atoms with Gasteiger partial charge in [-0.3, -0.25) is 9.59 Å². The number of rotatable bonds is 3. The SMILES string of the molecule is O=C(O)Cn1nc2c(F)cc(N3CCCC3=O)cn2c1=O. The highest BCUT2D eigenvalue weighted by Gasteiger charge is 2.24.